The quantitative estimate of drug-likeness (QED) is 0.642. The standard InChI is InChI=1S/C16H21BrF3NO2/c1-12-4-2-7-21(11-12)8-3-9-22-15-10-13(5-6-14(15)17)23-16(18,19)20/h5-6,10,12H,2-4,7-9,11H2,1H3. The first-order chi connectivity index (χ1) is 10.8. The maximum atomic E-state index is 12.2. The van der Waals surface area contributed by atoms with Crippen LogP contribution in [0, 0.1) is 5.92 Å². The molecule has 0 aliphatic carbocycles. The molecule has 130 valence electrons. The van der Waals surface area contributed by atoms with Crippen molar-refractivity contribution in [2.45, 2.75) is 32.5 Å². The van der Waals surface area contributed by atoms with E-state index >= 15 is 0 Å². The molecule has 1 aromatic rings. The van der Waals surface area contributed by atoms with Gasteiger partial charge >= 0.3 is 6.36 Å². The molecule has 0 N–H and O–H groups in total. The molecule has 1 aliphatic heterocycles. The number of ether oxygens (including phenoxy) is 2. The van der Waals surface area contributed by atoms with Gasteiger partial charge in [0, 0.05) is 19.2 Å². The van der Waals surface area contributed by atoms with Crippen LogP contribution in [0.3, 0.4) is 0 Å². The topological polar surface area (TPSA) is 21.7 Å². The van der Waals surface area contributed by atoms with Crippen LogP contribution in [0.4, 0.5) is 13.2 Å². The molecule has 0 bridgehead atoms. The minimum atomic E-state index is -4.70. The Bertz CT molecular complexity index is 511. The van der Waals surface area contributed by atoms with E-state index in [1.54, 1.807) is 0 Å². The monoisotopic (exact) mass is 395 g/mol. The smallest absolute Gasteiger partial charge is 0.492 e. The average Bonchev–Trinajstić information content (AvgIpc) is 2.45. The predicted octanol–water partition coefficient (Wildman–Crippen LogP) is 4.85. The van der Waals surface area contributed by atoms with E-state index in [-0.39, 0.29) is 5.75 Å². The molecule has 0 radical (unpaired) electrons. The number of piperidine rings is 1. The fourth-order valence-electron chi connectivity index (χ4n) is 2.75. The van der Waals surface area contributed by atoms with Crippen LogP contribution in [0.15, 0.2) is 22.7 Å². The summed E-state index contributed by atoms with van der Waals surface area (Å²) in [4.78, 5) is 2.41. The van der Waals surface area contributed by atoms with Crippen LogP contribution in [0.2, 0.25) is 0 Å². The lowest BCUT2D eigenvalue weighted by atomic mass is 10.0. The van der Waals surface area contributed by atoms with Crippen molar-refractivity contribution in [2.24, 2.45) is 5.92 Å². The highest BCUT2D eigenvalue weighted by Crippen LogP contribution is 2.32. The van der Waals surface area contributed by atoms with Crippen molar-refractivity contribution in [3.05, 3.63) is 22.7 Å². The van der Waals surface area contributed by atoms with Gasteiger partial charge in [0.25, 0.3) is 0 Å². The summed E-state index contributed by atoms with van der Waals surface area (Å²) >= 11 is 3.27. The lowest BCUT2D eigenvalue weighted by molar-refractivity contribution is -0.274. The minimum absolute atomic E-state index is 0.277. The Morgan fingerprint density at radius 3 is 2.83 bits per heavy atom. The van der Waals surface area contributed by atoms with Gasteiger partial charge in [0.2, 0.25) is 0 Å². The first kappa shape index (κ1) is 18.4. The van der Waals surface area contributed by atoms with Gasteiger partial charge in [-0.2, -0.15) is 0 Å². The summed E-state index contributed by atoms with van der Waals surface area (Å²) in [5.41, 5.74) is 0. The summed E-state index contributed by atoms with van der Waals surface area (Å²) in [6, 6.07) is 3.99. The Morgan fingerprint density at radius 2 is 2.13 bits per heavy atom. The number of likely N-dealkylation sites (tertiary alicyclic amines) is 1. The van der Waals surface area contributed by atoms with Gasteiger partial charge in [-0.25, -0.2) is 0 Å². The van der Waals surface area contributed by atoms with Gasteiger partial charge in [-0.05, 0) is 59.8 Å². The van der Waals surface area contributed by atoms with Crippen LogP contribution in [0.5, 0.6) is 11.5 Å². The largest absolute Gasteiger partial charge is 0.573 e. The highest BCUT2D eigenvalue weighted by molar-refractivity contribution is 9.10. The second kappa shape index (κ2) is 8.24. The molecule has 7 heteroatoms. The third kappa shape index (κ3) is 6.59. The van der Waals surface area contributed by atoms with E-state index in [9.17, 15) is 13.2 Å². The van der Waals surface area contributed by atoms with Crippen LogP contribution in [-0.4, -0.2) is 37.5 Å². The zero-order valence-electron chi connectivity index (χ0n) is 13.0. The maximum Gasteiger partial charge on any atom is 0.573 e. The molecule has 0 aromatic heterocycles. The molecular weight excluding hydrogens is 375 g/mol. The number of hydrogen-bond acceptors (Lipinski definition) is 3. The molecule has 0 spiro atoms. The molecule has 1 heterocycles. The molecule has 1 aromatic carbocycles. The summed E-state index contributed by atoms with van der Waals surface area (Å²) in [6.45, 7) is 5.88. The number of rotatable bonds is 6. The van der Waals surface area contributed by atoms with Crippen molar-refractivity contribution >= 4 is 15.9 Å². The number of benzene rings is 1. The molecule has 23 heavy (non-hydrogen) atoms. The second-order valence-corrected chi connectivity index (χ2v) is 6.74. The van der Waals surface area contributed by atoms with Gasteiger partial charge in [0.05, 0.1) is 11.1 Å². The Balaban J connectivity index is 1.79. The first-order valence-electron chi connectivity index (χ1n) is 7.74. The third-order valence-electron chi connectivity index (χ3n) is 3.75. The highest BCUT2D eigenvalue weighted by atomic mass is 79.9. The van der Waals surface area contributed by atoms with Crippen molar-refractivity contribution in [1.29, 1.82) is 0 Å². The van der Waals surface area contributed by atoms with Gasteiger partial charge in [-0.3, -0.25) is 0 Å². The average molecular weight is 396 g/mol. The van der Waals surface area contributed by atoms with E-state index < -0.39 is 6.36 Å². The zero-order chi connectivity index (χ0) is 16.9. The minimum Gasteiger partial charge on any atom is -0.492 e. The molecule has 1 saturated heterocycles. The summed E-state index contributed by atoms with van der Waals surface area (Å²) < 4.78 is 46.8. The molecule has 2 rings (SSSR count). The lowest BCUT2D eigenvalue weighted by Crippen LogP contribution is -2.35. The van der Waals surface area contributed by atoms with Crippen LogP contribution in [0.25, 0.3) is 0 Å². The number of halogens is 4. The fraction of sp³-hybridized carbons (Fsp3) is 0.625. The van der Waals surface area contributed by atoms with E-state index in [1.165, 1.54) is 31.0 Å². The highest BCUT2D eigenvalue weighted by Gasteiger charge is 2.31. The fourth-order valence-corrected chi connectivity index (χ4v) is 3.11. The predicted molar refractivity (Wildman–Crippen MR) is 85.8 cm³/mol. The Labute approximate surface area is 142 Å². The van der Waals surface area contributed by atoms with Crippen molar-refractivity contribution < 1.29 is 22.6 Å². The molecule has 0 amide bonds. The first-order valence-corrected chi connectivity index (χ1v) is 8.53. The Hall–Kier alpha value is -0.950. The third-order valence-corrected chi connectivity index (χ3v) is 4.41. The van der Waals surface area contributed by atoms with Gasteiger partial charge in [-0.1, -0.05) is 6.92 Å². The van der Waals surface area contributed by atoms with Crippen molar-refractivity contribution in [1.82, 2.24) is 4.90 Å². The summed E-state index contributed by atoms with van der Waals surface area (Å²) in [7, 11) is 0. The SMILES string of the molecule is CC1CCCN(CCCOc2cc(OC(F)(F)F)ccc2Br)C1. The zero-order valence-corrected chi connectivity index (χ0v) is 14.6. The van der Waals surface area contributed by atoms with E-state index in [2.05, 4.69) is 32.5 Å². The van der Waals surface area contributed by atoms with Crippen molar-refractivity contribution in [3.8, 4) is 11.5 Å². The van der Waals surface area contributed by atoms with Gasteiger partial charge < -0.3 is 14.4 Å². The number of hydrogen-bond donors (Lipinski definition) is 0. The summed E-state index contributed by atoms with van der Waals surface area (Å²) in [5, 5.41) is 0. The van der Waals surface area contributed by atoms with E-state index in [4.69, 9.17) is 4.74 Å². The molecule has 3 nitrogen and oxygen atoms in total. The molecular formula is C16H21BrF3NO2. The maximum absolute atomic E-state index is 12.2. The normalized spacial score (nSPS) is 19.6. The van der Waals surface area contributed by atoms with E-state index in [1.807, 2.05) is 0 Å². The lowest BCUT2D eigenvalue weighted by Gasteiger charge is -2.30. The molecule has 0 saturated carbocycles. The van der Waals surface area contributed by atoms with Crippen LogP contribution in [-0.2, 0) is 0 Å². The van der Waals surface area contributed by atoms with Crippen LogP contribution >= 0.6 is 15.9 Å². The van der Waals surface area contributed by atoms with Gasteiger partial charge in [0.1, 0.15) is 11.5 Å². The Kier molecular flexibility index (Phi) is 6.59. The molecule has 1 aliphatic rings. The summed E-state index contributed by atoms with van der Waals surface area (Å²) in [5.74, 6) is 0.814. The van der Waals surface area contributed by atoms with Gasteiger partial charge in [0.15, 0.2) is 0 Å². The summed E-state index contributed by atoms with van der Waals surface area (Å²) in [6.07, 6.45) is -1.35. The van der Waals surface area contributed by atoms with Crippen LogP contribution in [0.1, 0.15) is 26.2 Å². The van der Waals surface area contributed by atoms with Gasteiger partial charge in [-0.15, -0.1) is 13.2 Å². The molecule has 1 unspecified atom stereocenters. The number of alkyl halides is 3. The van der Waals surface area contributed by atoms with Crippen molar-refractivity contribution in [2.75, 3.05) is 26.2 Å². The molecule has 1 fully saturated rings. The Morgan fingerprint density at radius 1 is 1.35 bits per heavy atom. The second-order valence-electron chi connectivity index (χ2n) is 5.89. The number of nitrogens with zero attached hydrogens (tertiary/aromatic N) is 1. The van der Waals surface area contributed by atoms with Crippen LogP contribution < -0.4 is 9.47 Å². The van der Waals surface area contributed by atoms with E-state index in [0.717, 1.165) is 32.0 Å². The molecule has 1 atom stereocenters. The van der Waals surface area contributed by atoms with E-state index in [0.29, 0.717) is 16.8 Å². The van der Waals surface area contributed by atoms with Crippen molar-refractivity contribution in [3.63, 3.8) is 0 Å².